The highest BCUT2D eigenvalue weighted by Gasteiger charge is 2.14. The van der Waals surface area contributed by atoms with Crippen molar-refractivity contribution in [2.75, 3.05) is 0 Å². The van der Waals surface area contributed by atoms with Crippen molar-refractivity contribution in [3.63, 3.8) is 0 Å². The molecule has 0 spiro atoms. The van der Waals surface area contributed by atoms with Crippen LogP contribution in [0, 0.1) is 10.1 Å². The molecule has 1 aromatic carbocycles. The summed E-state index contributed by atoms with van der Waals surface area (Å²) in [4.78, 5) is 20.2. The molecule has 0 heterocycles. The minimum Gasteiger partial charge on any atom is -0.385 e. The number of carbonyl (C=O) groups is 1. The van der Waals surface area contributed by atoms with E-state index in [9.17, 15) is 14.9 Å². The minimum atomic E-state index is -1.18. The number of aldehydes is 1. The number of carbonyl (C=O) groups excluding carboxylic acids is 1. The second kappa shape index (κ2) is 4.48. The smallest absolute Gasteiger partial charge is 0.272 e. The number of nitro groups is 1. The number of para-hydroxylation sites is 1. The molecule has 0 aromatic heterocycles. The molecular weight excluding hydrogens is 186 g/mol. The number of nitrogens with zero attached hydrogens (tertiary/aromatic N) is 1. The van der Waals surface area contributed by atoms with E-state index in [0.29, 0.717) is 11.8 Å². The van der Waals surface area contributed by atoms with E-state index in [-0.39, 0.29) is 12.1 Å². The molecule has 74 valence electrons. The molecule has 0 saturated heterocycles. The first-order valence-corrected chi connectivity index (χ1v) is 4.01. The van der Waals surface area contributed by atoms with Gasteiger partial charge in [-0.05, 0) is 0 Å². The zero-order valence-electron chi connectivity index (χ0n) is 7.29. The van der Waals surface area contributed by atoms with Gasteiger partial charge in [-0.3, -0.25) is 10.1 Å². The predicted octanol–water partition coefficient (Wildman–Crippen LogP) is 0.697. The number of aliphatic hydroxyl groups excluding tert-OH is 1. The Labute approximate surface area is 80.1 Å². The first kappa shape index (κ1) is 10.3. The maximum Gasteiger partial charge on any atom is 0.272 e. The van der Waals surface area contributed by atoms with E-state index in [1.165, 1.54) is 18.2 Å². The molecule has 0 fully saturated rings. The largest absolute Gasteiger partial charge is 0.385 e. The Kier molecular flexibility index (Phi) is 3.30. The van der Waals surface area contributed by atoms with E-state index in [1.54, 1.807) is 6.07 Å². The lowest BCUT2D eigenvalue weighted by molar-refractivity contribution is -0.385. The highest BCUT2D eigenvalue weighted by molar-refractivity contribution is 5.57. The standard InChI is InChI=1S/C9H9NO4/c11-6-8(12)5-7-3-1-2-4-9(7)10(13)14/h1-4,6,8,12H,5H2. The van der Waals surface area contributed by atoms with Crippen LogP contribution in [0.5, 0.6) is 0 Å². The van der Waals surface area contributed by atoms with Crippen molar-refractivity contribution >= 4 is 12.0 Å². The second-order valence-electron chi connectivity index (χ2n) is 2.79. The summed E-state index contributed by atoms with van der Waals surface area (Å²) in [6, 6.07) is 6.02. The van der Waals surface area contributed by atoms with Gasteiger partial charge in [-0.15, -0.1) is 0 Å². The average Bonchev–Trinajstić information content (AvgIpc) is 2.18. The third-order valence-electron chi connectivity index (χ3n) is 1.77. The molecule has 0 aliphatic carbocycles. The fourth-order valence-electron chi connectivity index (χ4n) is 1.13. The Morgan fingerprint density at radius 1 is 1.50 bits per heavy atom. The van der Waals surface area contributed by atoms with Crippen LogP contribution in [0.3, 0.4) is 0 Å². The van der Waals surface area contributed by atoms with E-state index in [0.717, 1.165) is 0 Å². The van der Waals surface area contributed by atoms with E-state index >= 15 is 0 Å². The van der Waals surface area contributed by atoms with Gasteiger partial charge in [0.2, 0.25) is 0 Å². The van der Waals surface area contributed by atoms with Crippen LogP contribution in [0.1, 0.15) is 5.56 Å². The summed E-state index contributed by atoms with van der Waals surface area (Å²) in [6.45, 7) is 0. The van der Waals surface area contributed by atoms with Gasteiger partial charge in [0.05, 0.1) is 4.92 Å². The topological polar surface area (TPSA) is 80.4 Å². The molecule has 1 unspecified atom stereocenters. The molecule has 0 bridgehead atoms. The highest BCUT2D eigenvalue weighted by Crippen LogP contribution is 2.18. The van der Waals surface area contributed by atoms with Gasteiger partial charge in [-0.1, -0.05) is 18.2 Å². The van der Waals surface area contributed by atoms with Gasteiger partial charge in [0.15, 0.2) is 0 Å². The van der Waals surface area contributed by atoms with Gasteiger partial charge in [-0.25, -0.2) is 0 Å². The lowest BCUT2D eigenvalue weighted by Gasteiger charge is -2.03. The van der Waals surface area contributed by atoms with Gasteiger partial charge in [0, 0.05) is 18.1 Å². The molecule has 0 radical (unpaired) electrons. The first-order valence-electron chi connectivity index (χ1n) is 4.01. The zero-order chi connectivity index (χ0) is 10.6. The van der Waals surface area contributed by atoms with Crippen molar-refractivity contribution in [3.8, 4) is 0 Å². The molecule has 1 atom stereocenters. The molecule has 1 aromatic rings. The van der Waals surface area contributed by atoms with Gasteiger partial charge in [0.1, 0.15) is 12.4 Å². The van der Waals surface area contributed by atoms with Crippen LogP contribution in [0.2, 0.25) is 0 Å². The van der Waals surface area contributed by atoms with Gasteiger partial charge in [0.25, 0.3) is 5.69 Å². The lowest BCUT2D eigenvalue weighted by atomic mass is 10.1. The molecule has 1 N–H and O–H groups in total. The minimum absolute atomic E-state index is 0.0271. The molecular formula is C9H9NO4. The van der Waals surface area contributed by atoms with Gasteiger partial charge >= 0.3 is 0 Å². The summed E-state index contributed by atoms with van der Waals surface area (Å²) < 4.78 is 0. The van der Waals surface area contributed by atoms with Crippen LogP contribution in [0.25, 0.3) is 0 Å². The van der Waals surface area contributed by atoms with Crippen LogP contribution < -0.4 is 0 Å². The van der Waals surface area contributed by atoms with Crippen molar-refractivity contribution < 1.29 is 14.8 Å². The normalized spacial score (nSPS) is 12.1. The predicted molar refractivity (Wildman–Crippen MR) is 48.9 cm³/mol. The van der Waals surface area contributed by atoms with Crippen molar-refractivity contribution in [2.24, 2.45) is 0 Å². The van der Waals surface area contributed by atoms with Gasteiger partial charge < -0.3 is 9.90 Å². The van der Waals surface area contributed by atoms with Crippen LogP contribution >= 0.6 is 0 Å². The van der Waals surface area contributed by atoms with E-state index in [4.69, 9.17) is 5.11 Å². The Morgan fingerprint density at radius 3 is 2.71 bits per heavy atom. The van der Waals surface area contributed by atoms with Crippen molar-refractivity contribution in [1.29, 1.82) is 0 Å². The van der Waals surface area contributed by atoms with Crippen LogP contribution in [-0.2, 0) is 11.2 Å². The van der Waals surface area contributed by atoms with Crippen LogP contribution in [0.15, 0.2) is 24.3 Å². The van der Waals surface area contributed by atoms with Crippen LogP contribution in [0.4, 0.5) is 5.69 Å². The number of hydrogen-bond acceptors (Lipinski definition) is 4. The summed E-state index contributed by atoms with van der Waals surface area (Å²) in [5.41, 5.74) is 0.283. The maximum absolute atomic E-state index is 10.5. The van der Waals surface area contributed by atoms with E-state index in [1.807, 2.05) is 0 Å². The average molecular weight is 195 g/mol. The SMILES string of the molecule is O=CC(O)Cc1ccccc1[N+](=O)[O-]. The Morgan fingerprint density at radius 2 is 2.14 bits per heavy atom. The third-order valence-corrected chi connectivity index (χ3v) is 1.77. The molecule has 0 aliphatic heterocycles. The molecule has 0 amide bonds. The zero-order valence-corrected chi connectivity index (χ0v) is 7.29. The fourth-order valence-corrected chi connectivity index (χ4v) is 1.13. The lowest BCUT2D eigenvalue weighted by Crippen LogP contribution is -2.12. The molecule has 5 heteroatoms. The molecule has 14 heavy (non-hydrogen) atoms. The molecule has 1 rings (SSSR count). The highest BCUT2D eigenvalue weighted by atomic mass is 16.6. The van der Waals surface area contributed by atoms with Gasteiger partial charge in [-0.2, -0.15) is 0 Å². The Hall–Kier alpha value is -1.75. The van der Waals surface area contributed by atoms with E-state index in [2.05, 4.69) is 0 Å². The van der Waals surface area contributed by atoms with Crippen LogP contribution in [-0.4, -0.2) is 22.4 Å². The first-order chi connectivity index (χ1) is 6.65. The summed E-state index contributed by atoms with van der Waals surface area (Å²) >= 11 is 0. The van der Waals surface area contributed by atoms with E-state index < -0.39 is 11.0 Å². The number of nitro benzene ring substituents is 1. The Bertz CT molecular complexity index is 350. The Balaban J connectivity index is 2.95. The summed E-state index contributed by atoms with van der Waals surface area (Å²) in [5.74, 6) is 0. The summed E-state index contributed by atoms with van der Waals surface area (Å²) in [5, 5.41) is 19.6. The molecule has 0 aliphatic rings. The fraction of sp³-hybridized carbons (Fsp3) is 0.222. The monoisotopic (exact) mass is 195 g/mol. The number of benzene rings is 1. The second-order valence-corrected chi connectivity index (χ2v) is 2.79. The maximum atomic E-state index is 10.5. The number of hydrogen-bond donors (Lipinski definition) is 1. The van der Waals surface area contributed by atoms with Crippen molar-refractivity contribution in [1.82, 2.24) is 0 Å². The van der Waals surface area contributed by atoms with Crippen molar-refractivity contribution in [2.45, 2.75) is 12.5 Å². The number of aliphatic hydroxyl groups is 1. The number of rotatable bonds is 4. The quantitative estimate of drug-likeness (QED) is 0.435. The third kappa shape index (κ3) is 2.37. The molecule has 0 saturated carbocycles. The molecule has 5 nitrogen and oxygen atoms in total. The summed E-state index contributed by atoms with van der Waals surface area (Å²) in [6.07, 6.45) is -0.853. The van der Waals surface area contributed by atoms with Crippen molar-refractivity contribution in [3.05, 3.63) is 39.9 Å². The summed E-state index contributed by atoms with van der Waals surface area (Å²) in [7, 11) is 0.